The predicted molar refractivity (Wildman–Crippen MR) is 82.4 cm³/mol. The molecule has 1 unspecified atom stereocenters. The average molecular weight is 337 g/mol. The topological polar surface area (TPSA) is 38.7 Å². The van der Waals surface area contributed by atoms with Crippen molar-refractivity contribution in [2.75, 3.05) is 13.7 Å². The lowest BCUT2D eigenvalue weighted by atomic mass is 10.0. The van der Waals surface area contributed by atoms with Crippen molar-refractivity contribution in [2.45, 2.75) is 13.0 Å². The highest BCUT2D eigenvalue weighted by atomic mass is 79.9. The molecule has 20 heavy (non-hydrogen) atoms. The Hall–Kier alpha value is -1.52. The smallest absolute Gasteiger partial charge is 0.133 e. The molecule has 2 aromatic rings. The van der Waals surface area contributed by atoms with E-state index in [1.54, 1.807) is 7.11 Å². The number of hydrogen-bond acceptors (Lipinski definition) is 3. The van der Waals surface area contributed by atoms with Crippen molar-refractivity contribution in [3.63, 3.8) is 0 Å². The third-order valence-corrected chi connectivity index (χ3v) is 3.60. The maximum atomic E-state index is 10.4. The van der Waals surface area contributed by atoms with Crippen LogP contribution in [0.5, 0.6) is 11.5 Å². The minimum atomic E-state index is -0.697. The fourth-order valence-electron chi connectivity index (χ4n) is 1.96. The summed E-state index contributed by atoms with van der Waals surface area (Å²) in [4.78, 5) is 0. The zero-order valence-corrected chi connectivity index (χ0v) is 13.1. The lowest BCUT2D eigenvalue weighted by molar-refractivity contribution is 0.219. The van der Waals surface area contributed by atoms with E-state index in [-0.39, 0.29) is 0 Å². The molecule has 2 rings (SSSR count). The van der Waals surface area contributed by atoms with Crippen LogP contribution in [0.1, 0.15) is 24.2 Å². The molecular formula is C16H17BrO3. The number of aliphatic hydroxyl groups excluding tert-OH is 1. The molecule has 0 aliphatic rings. The van der Waals surface area contributed by atoms with Crippen LogP contribution in [0.15, 0.2) is 46.9 Å². The van der Waals surface area contributed by atoms with Crippen molar-refractivity contribution in [1.29, 1.82) is 0 Å². The number of ether oxygens (including phenoxy) is 2. The number of benzene rings is 2. The van der Waals surface area contributed by atoms with Gasteiger partial charge in [0.15, 0.2) is 0 Å². The Kier molecular flexibility index (Phi) is 5.04. The SMILES string of the molecule is CCOc1ccc(C(O)c2cccc(OC)c2)cc1Br. The minimum absolute atomic E-state index is 0.608. The average Bonchev–Trinajstić information content (AvgIpc) is 2.49. The Morgan fingerprint density at radius 2 is 1.90 bits per heavy atom. The summed E-state index contributed by atoms with van der Waals surface area (Å²) in [7, 11) is 1.61. The summed E-state index contributed by atoms with van der Waals surface area (Å²) in [5.74, 6) is 1.50. The van der Waals surface area contributed by atoms with Gasteiger partial charge in [-0.2, -0.15) is 0 Å². The zero-order chi connectivity index (χ0) is 14.5. The van der Waals surface area contributed by atoms with Gasteiger partial charge in [0.25, 0.3) is 0 Å². The number of halogens is 1. The first-order valence-corrected chi connectivity index (χ1v) is 7.19. The van der Waals surface area contributed by atoms with E-state index in [1.165, 1.54) is 0 Å². The van der Waals surface area contributed by atoms with Gasteiger partial charge < -0.3 is 14.6 Å². The standard InChI is InChI=1S/C16H17BrO3/c1-3-20-15-8-7-12(10-14(15)17)16(18)11-5-4-6-13(9-11)19-2/h4-10,16,18H,3H2,1-2H3. The van der Waals surface area contributed by atoms with Gasteiger partial charge in [-0.05, 0) is 58.2 Å². The lowest BCUT2D eigenvalue weighted by Gasteiger charge is -2.14. The molecule has 0 spiro atoms. The molecule has 0 radical (unpaired) electrons. The van der Waals surface area contributed by atoms with Gasteiger partial charge >= 0.3 is 0 Å². The van der Waals surface area contributed by atoms with Gasteiger partial charge in [0.1, 0.15) is 17.6 Å². The summed E-state index contributed by atoms with van der Waals surface area (Å²) in [6.45, 7) is 2.54. The molecular weight excluding hydrogens is 320 g/mol. The van der Waals surface area contributed by atoms with E-state index in [1.807, 2.05) is 49.4 Å². The molecule has 0 saturated carbocycles. The molecule has 1 N–H and O–H groups in total. The molecule has 0 saturated heterocycles. The molecule has 0 bridgehead atoms. The molecule has 0 amide bonds. The Labute approximate surface area is 127 Å². The second-order valence-electron chi connectivity index (χ2n) is 4.30. The highest BCUT2D eigenvalue weighted by Gasteiger charge is 2.13. The zero-order valence-electron chi connectivity index (χ0n) is 11.5. The Balaban J connectivity index is 2.28. The molecule has 0 aliphatic heterocycles. The molecule has 0 aliphatic carbocycles. The van der Waals surface area contributed by atoms with E-state index >= 15 is 0 Å². The Morgan fingerprint density at radius 3 is 2.55 bits per heavy atom. The Morgan fingerprint density at radius 1 is 1.15 bits per heavy atom. The molecule has 3 nitrogen and oxygen atoms in total. The Bertz CT molecular complexity index is 584. The first-order chi connectivity index (χ1) is 9.65. The van der Waals surface area contributed by atoms with Crippen molar-refractivity contribution in [1.82, 2.24) is 0 Å². The van der Waals surface area contributed by atoms with Crippen molar-refractivity contribution >= 4 is 15.9 Å². The van der Waals surface area contributed by atoms with Crippen LogP contribution in [0.3, 0.4) is 0 Å². The number of methoxy groups -OCH3 is 1. The predicted octanol–water partition coefficient (Wildman–Crippen LogP) is 3.94. The fourth-order valence-corrected chi connectivity index (χ4v) is 2.47. The number of hydrogen-bond donors (Lipinski definition) is 1. The molecule has 1 atom stereocenters. The van der Waals surface area contributed by atoms with Gasteiger partial charge in [-0.1, -0.05) is 18.2 Å². The molecule has 0 fully saturated rings. The number of rotatable bonds is 5. The van der Waals surface area contributed by atoms with E-state index < -0.39 is 6.10 Å². The third kappa shape index (κ3) is 3.32. The molecule has 0 aromatic heterocycles. The van der Waals surface area contributed by atoms with Gasteiger partial charge in [-0.15, -0.1) is 0 Å². The van der Waals surface area contributed by atoms with Crippen LogP contribution in [0.2, 0.25) is 0 Å². The van der Waals surface area contributed by atoms with Crippen molar-refractivity contribution in [2.24, 2.45) is 0 Å². The number of aliphatic hydroxyl groups is 1. The first-order valence-electron chi connectivity index (χ1n) is 6.40. The van der Waals surface area contributed by atoms with E-state index in [0.717, 1.165) is 27.1 Å². The summed E-state index contributed by atoms with van der Waals surface area (Å²) in [5, 5.41) is 10.4. The van der Waals surface area contributed by atoms with Crippen LogP contribution in [0, 0.1) is 0 Å². The highest BCUT2D eigenvalue weighted by molar-refractivity contribution is 9.10. The van der Waals surface area contributed by atoms with Crippen LogP contribution in [0.4, 0.5) is 0 Å². The molecule has 4 heteroatoms. The van der Waals surface area contributed by atoms with Crippen LogP contribution in [-0.2, 0) is 0 Å². The first kappa shape index (κ1) is 14.9. The van der Waals surface area contributed by atoms with Crippen LogP contribution in [0.25, 0.3) is 0 Å². The minimum Gasteiger partial charge on any atom is -0.497 e. The maximum absolute atomic E-state index is 10.4. The van der Waals surface area contributed by atoms with Crippen LogP contribution < -0.4 is 9.47 Å². The van der Waals surface area contributed by atoms with Gasteiger partial charge in [-0.3, -0.25) is 0 Å². The molecule has 2 aromatic carbocycles. The van der Waals surface area contributed by atoms with Crippen molar-refractivity contribution in [3.05, 3.63) is 58.1 Å². The summed E-state index contributed by atoms with van der Waals surface area (Å²) in [6, 6.07) is 13.0. The maximum Gasteiger partial charge on any atom is 0.133 e. The van der Waals surface area contributed by atoms with Crippen molar-refractivity contribution < 1.29 is 14.6 Å². The van der Waals surface area contributed by atoms with Gasteiger partial charge in [-0.25, -0.2) is 0 Å². The summed E-state index contributed by atoms with van der Waals surface area (Å²) >= 11 is 3.46. The highest BCUT2D eigenvalue weighted by Crippen LogP contribution is 2.31. The largest absolute Gasteiger partial charge is 0.497 e. The second-order valence-corrected chi connectivity index (χ2v) is 5.16. The van der Waals surface area contributed by atoms with Gasteiger partial charge in [0.2, 0.25) is 0 Å². The lowest BCUT2D eigenvalue weighted by Crippen LogP contribution is -2.01. The van der Waals surface area contributed by atoms with E-state index in [4.69, 9.17) is 9.47 Å². The monoisotopic (exact) mass is 336 g/mol. The van der Waals surface area contributed by atoms with Crippen LogP contribution >= 0.6 is 15.9 Å². The van der Waals surface area contributed by atoms with E-state index in [2.05, 4.69) is 15.9 Å². The second kappa shape index (κ2) is 6.77. The summed E-state index contributed by atoms with van der Waals surface area (Å²) < 4.78 is 11.5. The normalized spacial score (nSPS) is 12.0. The van der Waals surface area contributed by atoms with Crippen LogP contribution in [-0.4, -0.2) is 18.8 Å². The van der Waals surface area contributed by atoms with Gasteiger partial charge in [0.05, 0.1) is 18.2 Å². The van der Waals surface area contributed by atoms with Crippen molar-refractivity contribution in [3.8, 4) is 11.5 Å². The fraction of sp³-hybridized carbons (Fsp3) is 0.250. The third-order valence-electron chi connectivity index (χ3n) is 2.98. The summed E-state index contributed by atoms with van der Waals surface area (Å²) in [5.41, 5.74) is 1.59. The summed E-state index contributed by atoms with van der Waals surface area (Å²) in [6.07, 6.45) is -0.697. The molecule has 0 heterocycles. The quantitative estimate of drug-likeness (QED) is 0.898. The van der Waals surface area contributed by atoms with E-state index in [0.29, 0.717) is 6.61 Å². The molecule has 106 valence electrons. The van der Waals surface area contributed by atoms with Gasteiger partial charge in [0, 0.05) is 0 Å². The van der Waals surface area contributed by atoms with E-state index in [9.17, 15) is 5.11 Å².